The molecule has 0 bridgehead atoms. The standard InChI is InChI=1S/C16H16ClNO3/c17-14-3-1-2-13(8-14)9-18-16(20)11-21-15-6-4-12(10-19)5-7-15/h1-8,19H,9-11H2,(H,18,20). The largest absolute Gasteiger partial charge is 0.484 e. The fourth-order valence-electron chi connectivity index (χ4n) is 1.74. The molecule has 0 saturated heterocycles. The summed E-state index contributed by atoms with van der Waals surface area (Å²) >= 11 is 5.87. The van der Waals surface area contributed by atoms with Gasteiger partial charge in [-0.05, 0) is 35.4 Å². The zero-order chi connectivity index (χ0) is 15.1. The van der Waals surface area contributed by atoms with Crippen LogP contribution in [0.25, 0.3) is 0 Å². The van der Waals surface area contributed by atoms with Gasteiger partial charge in [-0.15, -0.1) is 0 Å². The number of aliphatic hydroxyl groups is 1. The van der Waals surface area contributed by atoms with Gasteiger partial charge in [-0.2, -0.15) is 0 Å². The van der Waals surface area contributed by atoms with Crippen LogP contribution in [0.15, 0.2) is 48.5 Å². The van der Waals surface area contributed by atoms with Crippen molar-refractivity contribution >= 4 is 17.5 Å². The number of rotatable bonds is 6. The first-order valence-corrected chi connectivity index (χ1v) is 6.89. The summed E-state index contributed by atoms with van der Waals surface area (Å²) in [6.07, 6.45) is 0. The number of hydrogen-bond acceptors (Lipinski definition) is 3. The van der Waals surface area contributed by atoms with Crippen LogP contribution in [-0.4, -0.2) is 17.6 Å². The molecule has 21 heavy (non-hydrogen) atoms. The Bertz CT molecular complexity index is 599. The quantitative estimate of drug-likeness (QED) is 0.862. The summed E-state index contributed by atoms with van der Waals surface area (Å²) in [4.78, 5) is 11.7. The molecule has 0 spiro atoms. The van der Waals surface area contributed by atoms with Crippen molar-refractivity contribution in [3.63, 3.8) is 0 Å². The molecule has 5 heteroatoms. The maximum Gasteiger partial charge on any atom is 0.258 e. The van der Waals surface area contributed by atoms with Crippen molar-refractivity contribution < 1.29 is 14.6 Å². The van der Waals surface area contributed by atoms with Gasteiger partial charge in [0.05, 0.1) is 6.61 Å². The Morgan fingerprint density at radius 2 is 1.90 bits per heavy atom. The highest BCUT2D eigenvalue weighted by Crippen LogP contribution is 2.12. The number of carbonyl (C=O) groups excluding carboxylic acids is 1. The summed E-state index contributed by atoms with van der Waals surface area (Å²) < 4.78 is 5.36. The molecule has 2 N–H and O–H groups in total. The van der Waals surface area contributed by atoms with Gasteiger partial charge in [0.1, 0.15) is 5.75 Å². The van der Waals surface area contributed by atoms with E-state index in [2.05, 4.69) is 5.32 Å². The normalized spacial score (nSPS) is 10.2. The second kappa shape index (κ2) is 7.67. The zero-order valence-electron chi connectivity index (χ0n) is 11.4. The van der Waals surface area contributed by atoms with E-state index in [4.69, 9.17) is 21.4 Å². The minimum absolute atomic E-state index is 0.0135. The minimum atomic E-state index is -0.207. The number of halogens is 1. The molecule has 0 radical (unpaired) electrons. The molecule has 0 aromatic heterocycles. The van der Waals surface area contributed by atoms with Crippen molar-refractivity contribution in [3.05, 3.63) is 64.7 Å². The third kappa shape index (κ3) is 5.10. The average molecular weight is 306 g/mol. The number of amides is 1. The van der Waals surface area contributed by atoms with E-state index in [9.17, 15) is 4.79 Å². The SMILES string of the molecule is O=C(COc1ccc(CO)cc1)NCc1cccc(Cl)c1. The Labute approximate surface area is 128 Å². The average Bonchev–Trinajstić information content (AvgIpc) is 2.51. The predicted molar refractivity (Wildman–Crippen MR) is 81.2 cm³/mol. The molecule has 110 valence electrons. The van der Waals surface area contributed by atoms with E-state index in [1.54, 1.807) is 36.4 Å². The highest BCUT2D eigenvalue weighted by molar-refractivity contribution is 6.30. The Balaban J connectivity index is 1.76. The third-order valence-corrected chi connectivity index (χ3v) is 3.09. The van der Waals surface area contributed by atoms with E-state index in [0.717, 1.165) is 11.1 Å². The fourth-order valence-corrected chi connectivity index (χ4v) is 1.95. The van der Waals surface area contributed by atoms with Crippen molar-refractivity contribution in [2.75, 3.05) is 6.61 Å². The summed E-state index contributed by atoms with van der Waals surface area (Å²) in [5, 5.41) is 12.3. The van der Waals surface area contributed by atoms with E-state index >= 15 is 0 Å². The number of aliphatic hydroxyl groups excluding tert-OH is 1. The molecule has 0 saturated carbocycles. The van der Waals surface area contributed by atoms with E-state index in [1.807, 2.05) is 12.1 Å². The number of benzene rings is 2. The van der Waals surface area contributed by atoms with Crippen molar-refractivity contribution in [1.82, 2.24) is 5.32 Å². The van der Waals surface area contributed by atoms with Crippen molar-refractivity contribution in [3.8, 4) is 5.75 Å². The predicted octanol–water partition coefficient (Wildman–Crippen LogP) is 2.53. The Kier molecular flexibility index (Phi) is 5.60. The maximum atomic E-state index is 11.7. The van der Waals surface area contributed by atoms with Gasteiger partial charge >= 0.3 is 0 Å². The molecule has 0 unspecified atom stereocenters. The molecular formula is C16H16ClNO3. The van der Waals surface area contributed by atoms with Crippen LogP contribution in [0.2, 0.25) is 5.02 Å². The first-order valence-electron chi connectivity index (χ1n) is 6.51. The Hall–Kier alpha value is -2.04. The monoisotopic (exact) mass is 305 g/mol. The van der Waals surface area contributed by atoms with Crippen molar-refractivity contribution in [2.45, 2.75) is 13.2 Å². The molecule has 4 nitrogen and oxygen atoms in total. The third-order valence-electron chi connectivity index (χ3n) is 2.85. The molecule has 2 rings (SSSR count). The Morgan fingerprint density at radius 1 is 1.14 bits per heavy atom. The van der Waals surface area contributed by atoms with Gasteiger partial charge in [0, 0.05) is 11.6 Å². The van der Waals surface area contributed by atoms with Gasteiger partial charge in [-0.1, -0.05) is 35.9 Å². The topological polar surface area (TPSA) is 58.6 Å². The van der Waals surface area contributed by atoms with E-state index in [1.165, 1.54) is 0 Å². The van der Waals surface area contributed by atoms with Crippen LogP contribution in [0.3, 0.4) is 0 Å². The van der Waals surface area contributed by atoms with E-state index in [-0.39, 0.29) is 19.1 Å². The van der Waals surface area contributed by atoms with Crippen LogP contribution in [-0.2, 0) is 17.9 Å². The minimum Gasteiger partial charge on any atom is -0.484 e. The molecule has 0 aliphatic heterocycles. The molecule has 2 aromatic carbocycles. The molecule has 0 atom stereocenters. The number of carbonyl (C=O) groups is 1. The zero-order valence-corrected chi connectivity index (χ0v) is 12.1. The van der Waals surface area contributed by atoms with E-state index < -0.39 is 0 Å². The van der Waals surface area contributed by atoms with Crippen LogP contribution in [0.5, 0.6) is 5.75 Å². The van der Waals surface area contributed by atoms with Crippen LogP contribution < -0.4 is 10.1 Å². The Morgan fingerprint density at radius 3 is 2.57 bits per heavy atom. The van der Waals surface area contributed by atoms with Gasteiger partial charge in [0.2, 0.25) is 0 Å². The lowest BCUT2D eigenvalue weighted by atomic mass is 10.2. The maximum absolute atomic E-state index is 11.7. The first kappa shape index (κ1) is 15.4. The van der Waals surface area contributed by atoms with Gasteiger partial charge in [0.15, 0.2) is 6.61 Å². The highest BCUT2D eigenvalue weighted by atomic mass is 35.5. The summed E-state index contributed by atoms with van der Waals surface area (Å²) in [7, 11) is 0. The molecule has 0 aliphatic carbocycles. The van der Waals surface area contributed by atoms with E-state index in [0.29, 0.717) is 17.3 Å². The van der Waals surface area contributed by atoms with Crippen LogP contribution in [0, 0.1) is 0 Å². The summed E-state index contributed by atoms with van der Waals surface area (Å²) in [5.41, 5.74) is 1.73. The van der Waals surface area contributed by atoms with Gasteiger partial charge in [0.25, 0.3) is 5.91 Å². The summed E-state index contributed by atoms with van der Waals surface area (Å²) in [6.45, 7) is 0.339. The lowest BCUT2D eigenvalue weighted by molar-refractivity contribution is -0.123. The fraction of sp³-hybridized carbons (Fsp3) is 0.188. The number of ether oxygens (including phenoxy) is 1. The molecule has 2 aromatic rings. The van der Waals surface area contributed by atoms with Crippen molar-refractivity contribution in [1.29, 1.82) is 0 Å². The summed E-state index contributed by atoms with van der Waals surface area (Å²) in [6, 6.07) is 14.2. The molecular weight excluding hydrogens is 290 g/mol. The second-order valence-electron chi connectivity index (χ2n) is 4.50. The first-order chi connectivity index (χ1) is 10.2. The van der Waals surface area contributed by atoms with Crippen LogP contribution >= 0.6 is 11.6 Å². The van der Waals surface area contributed by atoms with Gasteiger partial charge < -0.3 is 15.2 Å². The molecule has 0 fully saturated rings. The van der Waals surface area contributed by atoms with Gasteiger partial charge in [-0.3, -0.25) is 4.79 Å². The molecule has 1 amide bonds. The highest BCUT2D eigenvalue weighted by Gasteiger charge is 2.03. The molecule has 0 aliphatic rings. The lowest BCUT2D eigenvalue weighted by Gasteiger charge is -2.08. The van der Waals surface area contributed by atoms with Gasteiger partial charge in [-0.25, -0.2) is 0 Å². The van der Waals surface area contributed by atoms with Crippen molar-refractivity contribution in [2.24, 2.45) is 0 Å². The van der Waals surface area contributed by atoms with Crippen LogP contribution in [0.4, 0.5) is 0 Å². The smallest absolute Gasteiger partial charge is 0.258 e. The lowest BCUT2D eigenvalue weighted by Crippen LogP contribution is -2.28. The molecule has 0 heterocycles. The second-order valence-corrected chi connectivity index (χ2v) is 4.93. The van der Waals surface area contributed by atoms with Crippen LogP contribution in [0.1, 0.15) is 11.1 Å². The number of nitrogens with one attached hydrogen (secondary N) is 1. The number of hydrogen-bond donors (Lipinski definition) is 2. The summed E-state index contributed by atoms with van der Waals surface area (Å²) in [5.74, 6) is 0.381.